The maximum absolute atomic E-state index is 5.81. The van der Waals surface area contributed by atoms with Crippen molar-refractivity contribution in [1.29, 1.82) is 0 Å². The van der Waals surface area contributed by atoms with Crippen LogP contribution in [0.3, 0.4) is 0 Å². The highest BCUT2D eigenvalue weighted by Crippen LogP contribution is 2.13. The van der Waals surface area contributed by atoms with Crippen molar-refractivity contribution in [2.24, 2.45) is 0 Å². The second kappa shape index (κ2) is 14.8. The first-order chi connectivity index (χ1) is 10.4. The Labute approximate surface area is 133 Å². The minimum absolute atomic E-state index is 0.942. The number of hydrogen-bond donors (Lipinski definition) is 0. The molecule has 0 amide bonds. The van der Waals surface area contributed by atoms with Crippen LogP contribution in [-0.2, 0) is 4.84 Å². The van der Waals surface area contributed by atoms with Crippen LogP contribution in [0.4, 0.5) is 0 Å². The van der Waals surface area contributed by atoms with Crippen LogP contribution >= 0.6 is 0 Å². The van der Waals surface area contributed by atoms with Crippen molar-refractivity contribution in [3.63, 3.8) is 0 Å². The molecule has 126 valence electrons. The Morgan fingerprint density at radius 1 is 0.619 bits per heavy atom. The van der Waals surface area contributed by atoms with Crippen molar-refractivity contribution in [3.05, 3.63) is 0 Å². The van der Waals surface area contributed by atoms with Crippen molar-refractivity contribution in [2.45, 2.75) is 103 Å². The Morgan fingerprint density at radius 3 is 1.62 bits per heavy atom. The standard InChI is InChI=1S/C19H39NO/c1-2-3-4-5-6-7-8-9-10-11-12-16-19-21-20-17-14-13-15-18-20/h2-19H2,1H3. The number of nitrogens with zero attached hydrogens (tertiary/aromatic N) is 1. The Kier molecular flexibility index (Phi) is 13.4. The molecule has 0 aliphatic carbocycles. The third-order valence-electron chi connectivity index (χ3n) is 4.59. The highest BCUT2D eigenvalue weighted by molar-refractivity contribution is 4.56. The number of piperidine rings is 1. The van der Waals surface area contributed by atoms with Crippen LogP contribution in [0.5, 0.6) is 0 Å². The summed E-state index contributed by atoms with van der Waals surface area (Å²) >= 11 is 0. The van der Waals surface area contributed by atoms with Gasteiger partial charge in [0.25, 0.3) is 0 Å². The van der Waals surface area contributed by atoms with Gasteiger partial charge in [0.2, 0.25) is 0 Å². The van der Waals surface area contributed by atoms with E-state index in [4.69, 9.17) is 4.84 Å². The van der Waals surface area contributed by atoms with Gasteiger partial charge < -0.3 is 0 Å². The predicted octanol–water partition coefficient (Wildman–Crippen LogP) is 6.11. The summed E-state index contributed by atoms with van der Waals surface area (Å²) < 4.78 is 0. The van der Waals surface area contributed by atoms with Crippen molar-refractivity contribution < 1.29 is 4.84 Å². The Balaban J connectivity index is 1.69. The van der Waals surface area contributed by atoms with Gasteiger partial charge in [0.1, 0.15) is 0 Å². The van der Waals surface area contributed by atoms with Crippen LogP contribution in [0, 0.1) is 0 Å². The van der Waals surface area contributed by atoms with Crippen molar-refractivity contribution in [1.82, 2.24) is 5.06 Å². The van der Waals surface area contributed by atoms with Gasteiger partial charge in [0.15, 0.2) is 0 Å². The molecule has 2 nitrogen and oxygen atoms in total. The van der Waals surface area contributed by atoms with E-state index in [-0.39, 0.29) is 0 Å². The molecule has 0 aromatic carbocycles. The molecule has 0 saturated carbocycles. The molecule has 1 aliphatic heterocycles. The SMILES string of the molecule is CCCCCCCCCCCCCCON1CCCCC1. The van der Waals surface area contributed by atoms with E-state index >= 15 is 0 Å². The molecule has 1 aliphatic rings. The minimum atomic E-state index is 0.942. The van der Waals surface area contributed by atoms with Gasteiger partial charge in [0, 0.05) is 13.1 Å². The number of hydroxylamine groups is 2. The Bertz CT molecular complexity index is 202. The Hall–Kier alpha value is -0.0800. The lowest BCUT2D eigenvalue weighted by Crippen LogP contribution is -2.30. The monoisotopic (exact) mass is 297 g/mol. The minimum Gasteiger partial charge on any atom is -0.299 e. The summed E-state index contributed by atoms with van der Waals surface area (Å²) in [5.74, 6) is 0. The van der Waals surface area contributed by atoms with Crippen LogP contribution in [0.2, 0.25) is 0 Å². The van der Waals surface area contributed by atoms with Crippen molar-refractivity contribution in [3.8, 4) is 0 Å². The van der Waals surface area contributed by atoms with E-state index < -0.39 is 0 Å². The maximum atomic E-state index is 5.81. The van der Waals surface area contributed by atoms with Crippen molar-refractivity contribution >= 4 is 0 Å². The molecule has 1 saturated heterocycles. The average molecular weight is 298 g/mol. The van der Waals surface area contributed by atoms with E-state index in [1.165, 1.54) is 96.3 Å². The van der Waals surface area contributed by atoms with E-state index in [1.54, 1.807) is 0 Å². The smallest absolute Gasteiger partial charge is 0.0685 e. The van der Waals surface area contributed by atoms with E-state index in [9.17, 15) is 0 Å². The Morgan fingerprint density at radius 2 is 1.10 bits per heavy atom. The molecule has 1 rings (SSSR count). The number of rotatable bonds is 14. The van der Waals surface area contributed by atoms with Gasteiger partial charge in [-0.25, -0.2) is 0 Å². The zero-order chi connectivity index (χ0) is 15.0. The summed E-state index contributed by atoms with van der Waals surface area (Å²) in [5.41, 5.74) is 0. The molecule has 21 heavy (non-hydrogen) atoms. The molecule has 0 N–H and O–H groups in total. The predicted molar refractivity (Wildman–Crippen MR) is 92.5 cm³/mol. The lowest BCUT2D eigenvalue weighted by Gasteiger charge is -2.25. The normalized spacial score (nSPS) is 16.4. The summed E-state index contributed by atoms with van der Waals surface area (Å²) in [4.78, 5) is 5.81. The fraction of sp³-hybridized carbons (Fsp3) is 1.00. The molecule has 0 aromatic rings. The van der Waals surface area contributed by atoms with E-state index in [1.807, 2.05) is 0 Å². The van der Waals surface area contributed by atoms with E-state index in [2.05, 4.69) is 12.0 Å². The first-order valence-electron chi connectivity index (χ1n) is 9.81. The zero-order valence-corrected chi connectivity index (χ0v) is 14.6. The molecule has 0 atom stereocenters. The van der Waals surface area contributed by atoms with Gasteiger partial charge >= 0.3 is 0 Å². The molecular formula is C19H39NO. The van der Waals surface area contributed by atoms with Gasteiger partial charge in [-0.2, -0.15) is 5.06 Å². The van der Waals surface area contributed by atoms with Gasteiger partial charge in [-0.05, 0) is 19.3 Å². The largest absolute Gasteiger partial charge is 0.299 e. The average Bonchev–Trinajstić information content (AvgIpc) is 2.53. The molecule has 0 spiro atoms. The van der Waals surface area contributed by atoms with Crippen LogP contribution in [0.25, 0.3) is 0 Å². The van der Waals surface area contributed by atoms with E-state index in [0.29, 0.717) is 0 Å². The highest BCUT2D eigenvalue weighted by atomic mass is 16.7. The first kappa shape index (κ1) is 19.0. The van der Waals surface area contributed by atoms with Crippen LogP contribution in [0.1, 0.15) is 103 Å². The molecule has 0 bridgehead atoms. The summed E-state index contributed by atoms with van der Waals surface area (Å²) in [6.45, 7) is 5.53. The number of unbranched alkanes of at least 4 members (excludes halogenated alkanes) is 11. The van der Waals surface area contributed by atoms with Crippen molar-refractivity contribution in [2.75, 3.05) is 19.7 Å². The second-order valence-corrected chi connectivity index (χ2v) is 6.71. The molecule has 0 radical (unpaired) electrons. The molecule has 0 unspecified atom stereocenters. The summed E-state index contributed by atoms with van der Waals surface area (Å²) in [5, 5.41) is 2.18. The summed E-state index contributed by atoms with van der Waals surface area (Å²) in [7, 11) is 0. The van der Waals surface area contributed by atoms with Crippen LogP contribution in [0.15, 0.2) is 0 Å². The van der Waals surface area contributed by atoms with Gasteiger partial charge in [-0.1, -0.05) is 84.0 Å². The quantitative estimate of drug-likeness (QED) is 0.359. The fourth-order valence-electron chi connectivity index (χ4n) is 3.13. The lowest BCUT2D eigenvalue weighted by atomic mass is 10.1. The zero-order valence-electron chi connectivity index (χ0n) is 14.6. The number of hydrogen-bond acceptors (Lipinski definition) is 2. The maximum Gasteiger partial charge on any atom is 0.0685 e. The molecule has 0 aromatic heterocycles. The second-order valence-electron chi connectivity index (χ2n) is 6.71. The van der Waals surface area contributed by atoms with Gasteiger partial charge in [-0.15, -0.1) is 0 Å². The molecular weight excluding hydrogens is 258 g/mol. The van der Waals surface area contributed by atoms with Crippen LogP contribution < -0.4 is 0 Å². The fourth-order valence-corrected chi connectivity index (χ4v) is 3.13. The highest BCUT2D eigenvalue weighted by Gasteiger charge is 2.09. The third kappa shape index (κ3) is 12.2. The van der Waals surface area contributed by atoms with Gasteiger partial charge in [-0.3, -0.25) is 4.84 Å². The van der Waals surface area contributed by atoms with Crippen LogP contribution in [-0.4, -0.2) is 24.8 Å². The molecule has 1 fully saturated rings. The first-order valence-corrected chi connectivity index (χ1v) is 9.81. The summed E-state index contributed by atoms with van der Waals surface area (Å²) in [6, 6.07) is 0. The van der Waals surface area contributed by atoms with Gasteiger partial charge in [0.05, 0.1) is 6.61 Å². The lowest BCUT2D eigenvalue weighted by molar-refractivity contribution is -0.169. The molecule has 1 heterocycles. The third-order valence-corrected chi connectivity index (χ3v) is 4.59. The van der Waals surface area contributed by atoms with E-state index in [0.717, 1.165) is 19.7 Å². The topological polar surface area (TPSA) is 12.5 Å². The summed E-state index contributed by atoms with van der Waals surface area (Å²) in [6.07, 6.45) is 21.0. The molecule has 2 heteroatoms.